The van der Waals surface area contributed by atoms with Gasteiger partial charge in [0.25, 0.3) is 0 Å². The Bertz CT molecular complexity index is 774. The van der Waals surface area contributed by atoms with Gasteiger partial charge in [0.1, 0.15) is 0 Å². The molecule has 2 aliphatic rings. The van der Waals surface area contributed by atoms with Gasteiger partial charge in [-0.05, 0) is 0 Å². The number of allylic oxidation sites excluding steroid dienone is 5. The predicted octanol–water partition coefficient (Wildman–Crippen LogP) is 6.24. The molecule has 4 heteroatoms. The van der Waals surface area contributed by atoms with Gasteiger partial charge in [-0.1, -0.05) is 0 Å². The van der Waals surface area contributed by atoms with Gasteiger partial charge in [0.15, 0.2) is 0 Å². The summed E-state index contributed by atoms with van der Waals surface area (Å²) >= 11 is -4.07. The first-order valence-corrected chi connectivity index (χ1v) is 22.5. The average molecular weight is 415 g/mol. The Labute approximate surface area is 135 Å². The van der Waals surface area contributed by atoms with Gasteiger partial charge in [-0.3, -0.25) is 0 Å². The van der Waals surface area contributed by atoms with E-state index in [0.29, 0.717) is 0 Å². The van der Waals surface area contributed by atoms with Crippen molar-refractivity contribution >= 4 is 28.5 Å². The van der Waals surface area contributed by atoms with Crippen LogP contribution in [0.2, 0.25) is 13.1 Å². The van der Waals surface area contributed by atoms with E-state index in [4.69, 9.17) is 17.0 Å². The number of hydrogen-bond acceptors (Lipinski definition) is 0. The van der Waals surface area contributed by atoms with Crippen LogP contribution in [0.1, 0.15) is 28.1 Å². The van der Waals surface area contributed by atoms with Gasteiger partial charge >= 0.3 is 136 Å². The molecular weight excluding hydrogens is 394 g/mol. The first-order chi connectivity index (χ1) is 9.85. The summed E-state index contributed by atoms with van der Waals surface area (Å²) in [4.78, 5) is 0. The van der Waals surface area contributed by atoms with Crippen molar-refractivity contribution in [2.75, 3.05) is 0 Å². The monoisotopic (exact) mass is 412 g/mol. The first kappa shape index (κ1) is 16.0. The summed E-state index contributed by atoms with van der Waals surface area (Å²) in [5.74, 6) is 0. The van der Waals surface area contributed by atoms with Crippen LogP contribution >= 0.6 is 17.0 Å². The molecule has 0 bridgehead atoms. The Morgan fingerprint density at radius 3 is 2.52 bits per heavy atom. The second-order valence-electron chi connectivity index (χ2n) is 6.36. The average Bonchev–Trinajstić information content (AvgIpc) is 3.05. The van der Waals surface area contributed by atoms with Gasteiger partial charge in [0, 0.05) is 0 Å². The molecule has 1 aromatic rings. The second-order valence-corrected chi connectivity index (χ2v) is 44.4. The Kier molecular flexibility index (Phi) is 4.07. The minimum atomic E-state index is -4.07. The molecule has 110 valence electrons. The van der Waals surface area contributed by atoms with Crippen molar-refractivity contribution in [2.45, 2.75) is 30.1 Å². The van der Waals surface area contributed by atoms with Crippen LogP contribution in [0.3, 0.4) is 0 Å². The maximum absolute atomic E-state index is 7.54. The number of rotatable bonds is 2. The molecule has 1 aromatic carbocycles. The Balaban J connectivity index is 2.31. The molecule has 3 rings (SSSR count). The second kappa shape index (κ2) is 5.34. The van der Waals surface area contributed by atoms with E-state index < -0.39 is 20.4 Å². The van der Waals surface area contributed by atoms with Gasteiger partial charge in [-0.2, -0.15) is 0 Å². The van der Waals surface area contributed by atoms with Crippen molar-refractivity contribution in [2.24, 2.45) is 0 Å². The molecule has 2 aliphatic carbocycles. The number of benzene rings is 1. The molecule has 0 heterocycles. The molecule has 21 heavy (non-hydrogen) atoms. The zero-order valence-electron chi connectivity index (χ0n) is 12.7. The molecule has 0 saturated carbocycles. The van der Waals surface area contributed by atoms with E-state index in [-0.39, 0.29) is 3.63 Å². The summed E-state index contributed by atoms with van der Waals surface area (Å²) in [7, 11) is 15.1. The van der Waals surface area contributed by atoms with Crippen molar-refractivity contribution in [1.29, 1.82) is 0 Å². The predicted molar refractivity (Wildman–Crippen MR) is 93.9 cm³/mol. The van der Waals surface area contributed by atoms with E-state index in [1.807, 2.05) is 0 Å². The van der Waals surface area contributed by atoms with Crippen LogP contribution in [0.25, 0.3) is 6.08 Å². The Hall–Kier alpha value is 0.120. The fraction of sp³-hybridized carbons (Fsp3) is 0.294. The van der Waals surface area contributed by atoms with Gasteiger partial charge in [-0.25, -0.2) is 0 Å². The third-order valence-electron chi connectivity index (χ3n) is 4.93. The first-order valence-electron chi connectivity index (χ1n) is 7.37. The molecule has 0 aliphatic heterocycles. The van der Waals surface area contributed by atoms with Gasteiger partial charge in [0.2, 0.25) is 0 Å². The van der Waals surface area contributed by atoms with E-state index >= 15 is 0 Å². The Morgan fingerprint density at radius 1 is 1.19 bits per heavy atom. The van der Waals surface area contributed by atoms with E-state index in [9.17, 15) is 0 Å². The maximum atomic E-state index is 7.54. The third-order valence-corrected chi connectivity index (χ3v) is 50.9. The molecule has 0 radical (unpaired) electrons. The van der Waals surface area contributed by atoms with Crippen LogP contribution in [0.4, 0.5) is 0 Å². The summed E-state index contributed by atoms with van der Waals surface area (Å²) in [6.45, 7) is 6.82. The topological polar surface area (TPSA) is 0 Å². The molecule has 0 N–H and O–H groups in total. The molecule has 0 spiro atoms. The molecule has 0 aromatic heterocycles. The van der Waals surface area contributed by atoms with Gasteiger partial charge in [-0.15, -0.1) is 0 Å². The van der Waals surface area contributed by atoms with Gasteiger partial charge < -0.3 is 0 Å². The van der Waals surface area contributed by atoms with Gasteiger partial charge in [0.05, 0.1) is 0 Å². The van der Waals surface area contributed by atoms with Crippen LogP contribution in [0, 0.1) is 0 Å². The van der Waals surface area contributed by atoms with Crippen LogP contribution in [-0.4, -0.2) is 5.43 Å². The van der Waals surface area contributed by atoms with E-state index in [0.717, 1.165) is 6.42 Å². The Morgan fingerprint density at radius 2 is 1.90 bits per heavy atom. The molecule has 1 atom stereocenters. The van der Waals surface area contributed by atoms with Crippen molar-refractivity contribution < 1.29 is 15.0 Å². The zero-order valence-corrected chi connectivity index (χ0v) is 17.6. The normalized spacial score (nSPS) is 21.1. The summed E-state index contributed by atoms with van der Waals surface area (Å²) in [5, 5.41) is 0. The summed E-state index contributed by atoms with van der Waals surface area (Å²) < 4.78 is 1.61. The van der Waals surface area contributed by atoms with Crippen LogP contribution in [0.5, 0.6) is 0 Å². The van der Waals surface area contributed by atoms with Crippen LogP contribution < -0.4 is 0 Å². The molecule has 0 nitrogen and oxygen atoms in total. The molecule has 0 saturated heterocycles. The number of halogens is 2. The van der Waals surface area contributed by atoms with E-state index in [1.165, 1.54) is 20.0 Å². The van der Waals surface area contributed by atoms with Crippen molar-refractivity contribution in [1.82, 2.24) is 0 Å². The molecular formula is C17H20Cl2SiZr. The van der Waals surface area contributed by atoms with Crippen molar-refractivity contribution in [3.05, 3.63) is 62.5 Å². The summed E-state index contributed by atoms with van der Waals surface area (Å²) in [6, 6.07) is 8.61. The number of hydrogen-bond donors (Lipinski definition) is 0. The SMILES string of the molecule is CC1=Cc2ccccc2[CH]1[Zr]([Cl])([Cl])([C]1=CC=CC1)=[Si](C)C. The van der Waals surface area contributed by atoms with E-state index in [1.54, 1.807) is 0 Å². The number of fused-ring (bicyclic) bond motifs is 1. The fourth-order valence-corrected chi connectivity index (χ4v) is 29.7. The standard InChI is InChI=1S/C10H9.C5H5.C2H6Si.2ClH.Zr/c1-8-6-9-4-2-3-5-10(9)7-8;1-2-4-5-3-1;1-3-2;;;/h2-7H,1H3;1-3H,4H2;1-2H3;2*1H;/q;;;;;+2/p-2. The third kappa shape index (κ3) is 2.26. The summed E-state index contributed by atoms with van der Waals surface area (Å²) in [6.07, 6.45) is 9.75. The van der Waals surface area contributed by atoms with Crippen LogP contribution in [0.15, 0.2) is 51.3 Å². The summed E-state index contributed by atoms with van der Waals surface area (Å²) in [5.41, 5.74) is 3.19. The quantitative estimate of drug-likeness (QED) is 0.503. The minimum absolute atomic E-state index is 0.251. The van der Waals surface area contributed by atoms with Crippen molar-refractivity contribution in [3.8, 4) is 0 Å². The van der Waals surface area contributed by atoms with Crippen molar-refractivity contribution in [3.63, 3.8) is 0 Å². The zero-order chi connectivity index (χ0) is 15.3. The molecule has 0 fully saturated rings. The molecule has 1 unspecified atom stereocenters. The van der Waals surface area contributed by atoms with E-state index in [2.05, 4.69) is 68.6 Å². The molecule has 0 amide bonds. The fourth-order valence-electron chi connectivity index (χ4n) is 3.73. The van der Waals surface area contributed by atoms with Crippen LogP contribution in [-0.2, 0) is 15.0 Å².